The first kappa shape index (κ1) is 21.1. The van der Waals surface area contributed by atoms with Gasteiger partial charge in [-0.3, -0.25) is 4.79 Å². The van der Waals surface area contributed by atoms with Crippen LogP contribution < -0.4 is 10.1 Å². The highest BCUT2D eigenvalue weighted by molar-refractivity contribution is 6.31. The Kier molecular flexibility index (Phi) is 6.87. The number of nitriles is 1. The van der Waals surface area contributed by atoms with Crippen LogP contribution in [0.2, 0.25) is 10.0 Å². The van der Waals surface area contributed by atoms with Crippen LogP contribution in [-0.4, -0.2) is 11.9 Å². The third-order valence-corrected chi connectivity index (χ3v) is 4.44. The first-order valence-corrected chi connectivity index (χ1v) is 9.47. The van der Waals surface area contributed by atoms with E-state index in [1.807, 2.05) is 6.07 Å². The first-order chi connectivity index (χ1) is 14.5. The van der Waals surface area contributed by atoms with Crippen molar-refractivity contribution < 1.29 is 14.3 Å². The number of carbonyl (C=O) groups excluding carboxylic acids is 2. The third-order valence-electron chi connectivity index (χ3n) is 3.95. The lowest BCUT2D eigenvalue weighted by atomic mass is 10.1. The summed E-state index contributed by atoms with van der Waals surface area (Å²) in [4.78, 5) is 24.9. The molecular weight excluding hydrogens is 423 g/mol. The van der Waals surface area contributed by atoms with Crippen LogP contribution in [0.5, 0.6) is 5.75 Å². The molecule has 7 heteroatoms. The molecule has 3 rings (SSSR count). The van der Waals surface area contributed by atoms with E-state index in [-0.39, 0.29) is 11.3 Å². The Morgan fingerprint density at radius 3 is 2.37 bits per heavy atom. The van der Waals surface area contributed by atoms with E-state index in [0.29, 0.717) is 26.9 Å². The molecule has 0 aromatic heterocycles. The van der Waals surface area contributed by atoms with Crippen molar-refractivity contribution in [3.05, 3.63) is 99.5 Å². The summed E-state index contributed by atoms with van der Waals surface area (Å²) in [6, 6.07) is 21.3. The minimum atomic E-state index is -0.612. The first-order valence-electron chi connectivity index (χ1n) is 8.72. The number of benzene rings is 3. The van der Waals surface area contributed by atoms with E-state index >= 15 is 0 Å². The molecular formula is C23H14Cl2N2O3. The minimum absolute atomic E-state index is 0.162. The van der Waals surface area contributed by atoms with Gasteiger partial charge in [0, 0.05) is 21.3 Å². The Morgan fingerprint density at radius 2 is 1.67 bits per heavy atom. The van der Waals surface area contributed by atoms with Crippen LogP contribution in [0.4, 0.5) is 5.69 Å². The lowest BCUT2D eigenvalue weighted by Gasteiger charge is -2.09. The Morgan fingerprint density at radius 1 is 0.933 bits per heavy atom. The molecule has 0 fully saturated rings. The smallest absolute Gasteiger partial charge is 0.343 e. The molecule has 0 aliphatic rings. The lowest BCUT2D eigenvalue weighted by molar-refractivity contribution is -0.112. The number of nitrogens with one attached hydrogen (secondary N) is 1. The molecule has 1 amide bonds. The zero-order valence-corrected chi connectivity index (χ0v) is 16.9. The number of esters is 1. The molecule has 0 aliphatic heterocycles. The average molecular weight is 437 g/mol. The minimum Gasteiger partial charge on any atom is -0.422 e. The predicted molar refractivity (Wildman–Crippen MR) is 117 cm³/mol. The molecule has 0 aliphatic carbocycles. The Labute approximate surface area is 183 Å². The number of ether oxygens (including phenoxy) is 1. The molecule has 0 bridgehead atoms. The van der Waals surface area contributed by atoms with Crippen molar-refractivity contribution in [3.8, 4) is 11.8 Å². The summed E-state index contributed by atoms with van der Waals surface area (Å²) in [5.74, 6) is -0.992. The second-order valence-electron chi connectivity index (χ2n) is 6.07. The van der Waals surface area contributed by atoms with E-state index in [1.54, 1.807) is 72.8 Å². The SMILES string of the molecule is N#C/C(=C\c1ccccc1OC(=O)c1ccc(Cl)cc1)C(=O)Nc1cccc(Cl)c1. The van der Waals surface area contributed by atoms with Crippen molar-refractivity contribution >= 4 is 46.8 Å². The van der Waals surface area contributed by atoms with Gasteiger partial charge in [-0.25, -0.2) is 4.79 Å². The maximum Gasteiger partial charge on any atom is 0.343 e. The normalized spacial score (nSPS) is 10.8. The zero-order valence-electron chi connectivity index (χ0n) is 15.4. The molecule has 0 radical (unpaired) electrons. The summed E-state index contributed by atoms with van der Waals surface area (Å²) in [5, 5.41) is 13.0. The van der Waals surface area contributed by atoms with Gasteiger partial charge < -0.3 is 10.1 Å². The number of amides is 1. The number of hydrogen-bond acceptors (Lipinski definition) is 4. The summed E-state index contributed by atoms with van der Waals surface area (Å²) in [6.07, 6.45) is 1.35. The summed E-state index contributed by atoms with van der Waals surface area (Å²) >= 11 is 11.7. The van der Waals surface area contributed by atoms with Gasteiger partial charge in [0.05, 0.1) is 5.56 Å². The highest BCUT2D eigenvalue weighted by Gasteiger charge is 2.14. The van der Waals surface area contributed by atoms with Gasteiger partial charge in [0.2, 0.25) is 0 Å². The molecule has 0 spiro atoms. The second-order valence-corrected chi connectivity index (χ2v) is 6.94. The lowest BCUT2D eigenvalue weighted by Crippen LogP contribution is -2.13. The fourth-order valence-electron chi connectivity index (χ4n) is 2.51. The van der Waals surface area contributed by atoms with Crippen LogP contribution >= 0.6 is 23.2 Å². The average Bonchev–Trinajstić information content (AvgIpc) is 2.73. The van der Waals surface area contributed by atoms with Crippen molar-refractivity contribution in [2.75, 3.05) is 5.32 Å². The molecule has 3 aromatic rings. The summed E-state index contributed by atoms with van der Waals surface area (Å²) < 4.78 is 5.45. The van der Waals surface area contributed by atoms with Crippen molar-refractivity contribution in [1.29, 1.82) is 5.26 Å². The van der Waals surface area contributed by atoms with Gasteiger partial charge in [0.15, 0.2) is 0 Å². The number of para-hydroxylation sites is 1. The molecule has 1 N–H and O–H groups in total. The third kappa shape index (κ3) is 5.48. The molecule has 30 heavy (non-hydrogen) atoms. The Hall–Kier alpha value is -3.59. The molecule has 5 nitrogen and oxygen atoms in total. The van der Waals surface area contributed by atoms with Crippen LogP contribution in [-0.2, 0) is 4.79 Å². The van der Waals surface area contributed by atoms with Gasteiger partial charge in [0.25, 0.3) is 5.91 Å². The molecule has 0 unspecified atom stereocenters. The summed E-state index contributed by atoms with van der Waals surface area (Å²) in [6.45, 7) is 0. The number of rotatable bonds is 5. The Bertz CT molecular complexity index is 1170. The zero-order chi connectivity index (χ0) is 21.5. The molecule has 0 saturated heterocycles. The van der Waals surface area contributed by atoms with Gasteiger partial charge in [-0.05, 0) is 54.6 Å². The van der Waals surface area contributed by atoms with Gasteiger partial charge >= 0.3 is 5.97 Å². The molecule has 3 aromatic carbocycles. The number of hydrogen-bond donors (Lipinski definition) is 1. The fraction of sp³-hybridized carbons (Fsp3) is 0. The van der Waals surface area contributed by atoms with E-state index in [1.165, 1.54) is 6.08 Å². The van der Waals surface area contributed by atoms with Crippen LogP contribution in [0.1, 0.15) is 15.9 Å². The summed E-state index contributed by atoms with van der Waals surface area (Å²) in [7, 11) is 0. The monoisotopic (exact) mass is 436 g/mol. The van der Waals surface area contributed by atoms with E-state index in [4.69, 9.17) is 27.9 Å². The number of nitrogens with zero attached hydrogens (tertiary/aromatic N) is 1. The van der Waals surface area contributed by atoms with E-state index in [2.05, 4.69) is 5.32 Å². The number of anilines is 1. The van der Waals surface area contributed by atoms with Crippen molar-refractivity contribution in [2.45, 2.75) is 0 Å². The van der Waals surface area contributed by atoms with Gasteiger partial charge in [0.1, 0.15) is 17.4 Å². The highest BCUT2D eigenvalue weighted by atomic mass is 35.5. The van der Waals surface area contributed by atoms with Crippen LogP contribution in [0.25, 0.3) is 6.08 Å². The largest absolute Gasteiger partial charge is 0.422 e. The fourth-order valence-corrected chi connectivity index (χ4v) is 2.82. The maximum absolute atomic E-state index is 12.5. The van der Waals surface area contributed by atoms with Gasteiger partial charge in [-0.2, -0.15) is 5.26 Å². The molecule has 148 valence electrons. The predicted octanol–water partition coefficient (Wildman–Crippen LogP) is 5.76. The Balaban J connectivity index is 1.83. The van der Waals surface area contributed by atoms with Crippen LogP contribution in [0.15, 0.2) is 78.4 Å². The van der Waals surface area contributed by atoms with Crippen LogP contribution in [0.3, 0.4) is 0 Å². The second kappa shape index (κ2) is 9.75. The molecule has 0 heterocycles. The van der Waals surface area contributed by atoms with Crippen molar-refractivity contribution in [1.82, 2.24) is 0 Å². The van der Waals surface area contributed by atoms with E-state index in [9.17, 15) is 14.9 Å². The number of halogens is 2. The van der Waals surface area contributed by atoms with E-state index < -0.39 is 11.9 Å². The topological polar surface area (TPSA) is 79.2 Å². The van der Waals surface area contributed by atoms with Crippen LogP contribution in [0, 0.1) is 11.3 Å². The van der Waals surface area contributed by atoms with Gasteiger partial charge in [-0.15, -0.1) is 0 Å². The molecule has 0 saturated carbocycles. The maximum atomic E-state index is 12.5. The van der Waals surface area contributed by atoms with Crippen molar-refractivity contribution in [2.24, 2.45) is 0 Å². The highest BCUT2D eigenvalue weighted by Crippen LogP contribution is 2.23. The van der Waals surface area contributed by atoms with E-state index in [0.717, 1.165) is 0 Å². The quantitative estimate of drug-likeness (QED) is 0.238. The number of carbonyl (C=O) groups is 2. The summed E-state index contributed by atoms with van der Waals surface area (Å²) in [5.41, 5.74) is 1.01. The van der Waals surface area contributed by atoms with Crippen molar-refractivity contribution in [3.63, 3.8) is 0 Å². The standard InChI is InChI=1S/C23H14Cl2N2O3/c24-18-10-8-15(9-11-18)23(29)30-21-7-2-1-4-16(21)12-17(14-26)22(28)27-20-6-3-5-19(25)13-20/h1-13H,(H,27,28)/b17-12+. The molecule has 0 atom stereocenters. The van der Waals surface area contributed by atoms with Gasteiger partial charge in [-0.1, -0.05) is 47.5 Å².